The molecule has 0 spiro atoms. The molecule has 1 aromatic heterocycles. The highest BCUT2D eigenvalue weighted by Gasteiger charge is 2.11. The third-order valence-corrected chi connectivity index (χ3v) is 4.29. The molecule has 0 unspecified atom stereocenters. The lowest BCUT2D eigenvalue weighted by Crippen LogP contribution is -2.14. The minimum Gasteiger partial charge on any atom is -0.497 e. The molecule has 3 aromatic rings. The van der Waals surface area contributed by atoms with Gasteiger partial charge in [-0.05, 0) is 36.4 Å². The maximum Gasteiger partial charge on any atom is 0.234 e. The number of hydrogen-bond donors (Lipinski definition) is 1. The van der Waals surface area contributed by atoms with Gasteiger partial charge >= 0.3 is 0 Å². The van der Waals surface area contributed by atoms with E-state index in [1.54, 1.807) is 23.8 Å². The number of nitrogens with one attached hydrogen (secondary N) is 1. The number of aromatic nitrogens is 3. The molecule has 26 heavy (non-hydrogen) atoms. The molecule has 0 fully saturated rings. The second-order valence-corrected chi connectivity index (χ2v) is 6.12. The Balaban J connectivity index is 1.64. The molecule has 2 aromatic carbocycles. The summed E-state index contributed by atoms with van der Waals surface area (Å²) in [6.45, 7) is 0. The highest BCUT2D eigenvalue weighted by atomic mass is 32.2. The number of rotatable bonds is 6. The fourth-order valence-corrected chi connectivity index (χ4v) is 2.92. The van der Waals surface area contributed by atoms with Crippen LogP contribution in [0.25, 0.3) is 5.69 Å². The molecule has 3 rings (SSSR count). The van der Waals surface area contributed by atoms with Crippen molar-refractivity contribution in [3.63, 3.8) is 0 Å². The van der Waals surface area contributed by atoms with Gasteiger partial charge in [0.05, 0.1) is 12.9 Å². The van der Waals surface area contributed by atoms with Crippen molar-refractivity contribution in [3.05, 3.63) is 60.4 Å². The van der Waals surface area contributed by atoms with Crippen molar-refractivity contribution in [2.75, 3.05) is 18.2 Å². The van der Waals surface area contributed by atoms with Gasteiger partial charge in [-0.15, -0.1) is 10.2 Å². The number of anilines is 1. The second-order valence-electron chi connectivity index (χ2n) is 5.18. The lowest BCUT2D eigenvalue weighted by atomic mass is 10.3. The van der Waals surface area contributed by atoms with Crippen molar-refractivity contribution in [2.45, 2.75) is 5.16 Å². The summed E-state index contributed by atoms with van der Waals surface area (Å²) in [7, 11) is 1.58. The zero-order valence-electron chi connectivity index (χ0n) is 13.6. The number of benzene rings is 2. The maximum absolute atomic E-state index is 13.2. The minimum absolute atomic E-state index is 0.00692. The van der Waals surface area contributed by atoms with Gasteiger partial charge in [0.25, 0.3) is 0 Å². The molecule has 9 heteroatoms. The fourth-order valence-electron chi connectivity index (χ4n) is 2.20. The number of ether oxygens (including phenoxy) is 1. The summed E-state index contributed by atoms with van der Waals surface area (Å²) < 4.78 is 33.1. The maximum atomic E-state index is 13.2. The number of carbonyl (C=O) groups is 1. The summed E-state index contributed by atoms with van der Waals surface area (Å²) >= 11 is 1.15. The van der Waals surface area contributed by atoms with Crippen LogP contribution in [0.1, 0.15) is 0 Å². The Morgan fingerprint density at radius 1 is 1.19 bits per heavy atom. The van der Waals surface area contributed by atoms with Crippen LogP contribution < -0.4 is 10.1 Å². The lowest BCUT2D eigenvalue weighted by molar-refractivity contribution is -0.113. The van der Waals surface area contributed by atoms with Crippen LogP contribution in [0.2, 0.25) is 0 Å². The Morgan fingerprint density at radius 3 is 2.54 bits per heavy atom. The van der Waals surface area contributed by atoms with E-state index in [-0.39, 0.29) is 11.4 Å². The third kappa shape index (κ3) is 4.37. The largest absolute Gasteiger partial charge is 0.497 e. The number of carbonyl (C=O) groups excluding carboxylic acids is 1. The smallest absolute Gasteiger partial charge is 0.234 e. The normalized spacial score (nSPS) is 10.6. The van der Waals surface area contributed by atoms with Crippen LogP contribution in [0.4, 0.5) is 14.5 Å². The van der Waals surface area contributed by atoms with Crippen LogP contribution >= 0.6 is 11.8 Å². The number of amides is 1. The molecule has 0 aliphatic carbocycles. The summed E-state index contributed by atoms with van der Waals surface area (Å²) in [4.78, 5) is 12.0. The Hall–Kier alpha value is -2.94. The Morgan fingerprint density at radius 2 is 1.88 bits per heavy atom. The van der Waals surface area contributed by atoms with E-state index >= 15 is 0 Å². The summed E-state index contributed by atoms with van der Waals surface area (Å²) in [5.74, 6) is -1.20. The van der Waals surface area contributed by atoms with E-state index < -0.39 is 17.5 Å². The zero-order valence-corrected chi connectivity index (χ0v) is 14.5. The van der Waals surface area contributed by atoms with Crippen molar-refractivity contribution >= 4 is 23.4 Å². The molecule has 0 saturated carbocycles. The molecule has 0 radical (unpaired) electrons. The highest BCUT2D eigenvalue weighted by molar-refractivity contribution is 7.99. The third-order valence-electron chi connectivity index (χ3n) is 3.35. The van der Waals surface area contributed by atoms with E-state index in [1.807, 2.05) is 12.1 Å². The van der Waals surface area contributed by atoms with Crippen molar-refractivity contribution in [1.29, 1.82) is 0 Å². The Kier molecular flexibility index (Phi) is 5.47. The van der Waals surface area contributed by atoms with Gasteiger partial charge < -0.3 is 10.1 Å². The van der Waals surface area contributed by atoms with E-state index in [2.05, 4.69) is 15.5 Å². The predicted molar refractivity (Wildman–Crippen MR) is 93.6 cm³/mol. The number of thioether (sulfide) groups is 1. The number of halogens is 2. The highest BCUT2D eigenvalue weighted by Crippen LogP contribution is 2.22. The molecule has 0 aliphatic rings. The van der Waals surface area contributed by atoms with E-state index in [4.69, 9.17) is 4.74 Å². The first-order chi connectivity index (χ1) is 12.5. The van der Waals surface area contributed by atoms with E-state index in [1.165, 1.54) is 6.33 Å². The molecular weight excluding hydrogens is 362 g/mol. The zero-order chi connectivity index (χ0) is 18.5. The van der Waals surface area contributed by atoms with Gasteiger partial charge in [-0.25, -0.2) is 8.78 Å². The predicted octanol–water partition coefficient (Wildman–Crippen LogP) is 3.28. The number of nitrogens with zero attached hydrogens (tertiary/aromatic N) is 3. The summed E-state index contributed by atoms with van der Waals surface area (Å²) in [6, 6.07) is 10.1. The van der Waals surface area contributed by atoms with E-state index in [9.17, 15) is 13.6 Å². The van der Waals surface area contributed by atoms with Gasteiger partial charge in [0, 0.05) is 17.4 Å². The van der Waals surface area contributed by atoms with Gasteiger partial charge in [0.2, 0.25) is 5.91 Å². The molecule has 0 saturated heterocycles. The molecule has 1 amide bonds. The van der Waals surface area contributed by atoms with Crippen LogP contribution in [0.3, 0.4) is 0 Å². The summed E-state index contributed by atoms with van der Waals surface area (Å²) in [6.07, 6.45) is 1.53. The Labute approximate surface area is 152 Å². The first kappa shape index (κ1) is 17.9. The van der Waals surface area contributed by atoms with Crippen LogP contribution in [0.5, 0.6) is 5.75 Å². The molecule has 0 bridgehead atoms. The Bertz CT molecular complexity index is 895. The van der Waals surface area contributed by atoms with Crippen LogP contribution in [0, 0.1) is 11.6 Å². The standard InChI is InChI=1S/C17H14F2N4O2S/c1-25-15-4-2-14(3-5-15)23-10-20-22-17(23)26-9-16(24)21-13-7-11(18)6-12(19)8-13/h2-8,10H,9H2,1H3,(H,21,24). The van der Waals surface area contributed by atoms with Crippen molar-refractivity contribution in [3.8, 4) is 11.4 Å². The molecular formula is C17H14F2N4O2S. The molecule has 1 heterocycles. The summed E-state index contributed by atoms with van der Waals surface area (Å²) in [5, 5.41) is 10.8. The second kappa shape index (κ2) is 7.96. The molecule has 1 N–H and O–H groups in total. The van der Waals surface area contributed by atoms with Crippen molar-refractivity contribution in [2.24, 2.45) is 0 Å². The first-order valence-electron chi connectivity index (χ1n) is 7.48. The van der Waals surface area contributed by atoms with Crippen LogP contribution in [-0.4, -0.2) is 33.5 Å². The molecule has 134 valence electrons. The molecule has 0 atom stereocenters. The van der Waals surface area contributed by atoms with Gasteiger partial charge in [0.15, 0.2) is 5.16 Å². The average molecular weight is 376 g/mol. The first-order valence-corrected chi connectivity index (χ1v) is 8.47. The average Bonchev–Trinajstić information content (AvgIpc) is 3.07. The van der Waals surface area contributed by atoms with Crippen LogP contribution in [-0.2, 0) is 4.79 Å². The number of methoxy groups -OCH3 is 1. The lowest BCUT2D eigenvalue weighted by Gasteiger charge is -2.08. The minimum atomic E-state index is -0.757. The van der Waals surface area contributed by atoms with E-state index in [0.717, 1.165) is 41.4 Å². The van der Waals surface area contributed by atoms with Gasteiger partial charge in [-0.2, -0.15) is 0 Å². The van der Waals surface area contributed by atoms with E-state index in [0.29, 0.717) is 5.16 Å². The van der Waals surface area contributed by atoms with Crippen LogP contribution in [0.15, 0.2) is 53.9 Å². The SMILES string of the molecule is COc1ccc(-n2cnnc2SCC(=O)Nc2cc(F)cc(F)c2)cc1. The van der Waals surface area contributed by atoms with Gasteiger partial charge in [0.1, 0.15) is 23.7 Å². The number of hydrogen-bond acceptors (Lipinski definition) is 5. The summed E-state index contributed by atoms with van der Waals surface area (Å²) in [5.41, 5.74) is 0.871. The monoisotopic (exact) mass is 376 g/mol. The quantitative estimate of drug-likeness (QED) is 0.669. The molecule has 6 nitrogen and oxygen atoms in total. The fraction of sp³-hybridized carbons (Fsp3) is 0.118. The van der Waals surface area contributed by atoms with Crippen molar-refractivity contribution in [1.82, 2.24) is 14.8 Å². The van der Waals surface area contributed by atoms with Crippen molar-refractivity contribution < 1.29 is 18.3 Å². The molecule has 0 aliphatic heterocycles. The topological polar surface area (TPSA) is 69.0 Å². The van der Waals surface area contributed by atoms with Gasteiger partial charge in [-0.1, -0.05) is 11.8 Å². The van der Waals surface area contributed by atoms with Gasteiger partial charge in [-0.3, -0.25) is 9.36 Å².